The van der Waals surface area contributed by atoms with Crippen molar-refractivity contribution in [2.75, 3.05) is 0 Å². The highest BCUT2D eigenvalue weighted by atomic mass is 16.3. The number of aliphatic hydroxyl groups is 1. The van der Waals surface area contributed by atoms with Crippen LogP contribution in [0.1, 0.15) is 19.3 Å². The Morgan fingerprint density at radius 3 is 3.18 bits per heavy atom. The lowest BCUT2D eigenvalue weighted by Gasteiger charge is -2.22. The average Bonchev–Trinajstić information content (AvgIpc) is 2.52. The summed E-state index contributed by atoms with van der Waals surface area (Å²) in [4.78, 5) is 0. The van der Waals surface area contributed by atoms with E-state index in [0.717, 1.165) is 6.42 Å². The topological polar surface area (TPSA) is 20.2 Å². The van der Waals surface area contributed by atoms with Gasteiger partial charge in [0.05, 0.1) is 6.10 Å². The Morgan fingerprint density at radius 2 is 2.27 bits per heavy atom. The van der Waals surface area contributed by atoms with Crippen molar-refractivity contribution in [2.24, 2.45) is 11.8 Å². The zero-order valence-electron chi connectivity index (χ0n) is 6.46. The second-order valence-electron chi connectivity index (χ2n) is 3.94. The predicted octanol–water partition coefficient (Wildman–Crippen LogP) is 1.64. The largest absolute Gasteiger partial charge is 0.392 e. The minimum absolute atomic E-state index is 0.0151. The molecule has 1 N–H and O–H groups in total. The van der Waals surface area contributed by atoms with Crippen LogP contribution in [-0.4, -0.2) is 11.2 Å². The monoisotopic (exact) mass is 148 g/mol. The van der Waals surface area contributed by atoms with E-state index in [-0.39, 0.29) is 6.10 Å². The van der Waals surface area contributed by atoms with Crippen LogP contribution in [0.2, 0.25) is 0 Å². The molecule has 1 heteroatoms. The molecule has 0 aliphatic heterocycles. The molecule has 3 atom stereocenters. The maximum atomic E-state index is 9.60. The van der Waals surface area contributed by atoms with E-state index in [2.05, 4.69) is 12.2 Å². The third-order valence-corrected chi connectivity index (χ3v) is 3.44. The molecule has 11 heavy (non-hydrogen) atoms. The number of hydrogen-bond donors (Lipinski definition) is 1. The van der Waals surface area contributed by atoms with Crippen LogP contribution in [0.4, 0.5) is 0 Å². The van der Waals surface area contributed by atoms with E-state index in [0.29, 0.717) is 11.8 Å². The molecule has 3 unspecified atom stereocenters. The highest BCUT2D eigenvalue weighted by molar-refractivity contribution is 5.42. The van der Waals surface area contributed by atoms with E-state index in [4.69, 9.17) is 0 Å². The number of rotatable bonds is 0. The summed E-state index contributed by atoms with van der Waals surface area (Å²) in [5, 5.41) is 9.60. The van der Waals surface area contributed by atoms with Gasteiger partial charge >= 0.3 is 0 Å². The summed E-state index contributed by atoms with van der Waals surface area (Å²) in [6, 6.07) is 0. The van der Waals surface area contributed by atoms with Gasteiger partial charge in [-0.2, -0.15) is 0 Å². The molecule has 1 fully saturated rings. The maximum absolute atomic E-state index is 9.60. The lowest BCUT2D eigenvalue weighted by molar-refractivity contribution is 0.108. The third-order valence-electron chi connectivity index (χ3n) is 3.44. The molecule has 2 bridgehead atoms. The fourth-order valence-corrected chi connectivity index (χ4v) is 2.93. The maximum Gasteiger partial charge on any atom is 0.0614 e. The summed E-state index contributed by atoms with van der Waals surface area (Å²) < 4.78 is 0. The predicted molar refractivity (Wildman–Crippen MR) is 43.0 cm³/mol. The van der Waals surface area contributed by atoms with Crippen molar-refractivity contribution in [1.82, 2.24) is 0 Å². The standard InChI is InChI=1S/C10H12O/c11-10-5-6-4-9(10)8-3-1-2-7(6)8/h1-2,8-11H,3-5H2. The van der Waals surface area contributed by atoms with Gasteiger partial charge in [-0.05, 0) is 36.7 Å². The minimum atomic E-state index is -0.0151. The third kappa shape index (κ3) is 0.603. The van der Waals surface area contributed by atoms with Crippen molar-refractivity contribution >= 4 is 0 Å². The van der Waals surface area contributed by atoms with Crippen LogP contribution < -0.4 is 0 Å². The summed E-state index contributed by atoms with van der Waals surface area (Å²) >= 11 is 0. The SMILES string of the molecule is OC1CC2=C3C=CCC3C1C2. The van der Waals surface area contributed by atoms with Crippen LogP contribution in [0.5, 0.6) is 0 Å². The van der Waals surface area contributed by atoms with Gasteiger partial charge in [-0.15, -0.1) is 0 Å². The normalized spacial score (nSPS) is 45.7. The molecule has 0 aromatic carbocycles. The zero-order chi connectivity index (χ0) is 7.42. The van der Waals surface area contributed by atoms with Gasteiger partial charge in [-0.25, -0.2) is 0 Å². The number of fused-ring (bicyclic) bond motifs is 4. The van der Waals surface area contributed by atoms with Crippen molar-refractivity contribution in [1.29, 1.82) is 0 Å². The van der Waals surface area contributed by atoms with E-state index < -0.39 is 0 Å². The molecule has 0 saturated heterocycles. The number of aliphatic hydroxyl groups excluding tert-OH is 1. The van der Waals surface area contributed by atoms with Crippen LogP contribution >= 0.6 is 0 Å². The Balaban J connectivity index is 2.09. The van der Waals surface area contributed by atoms with E-state index in [9.17, 15) is 5.11 Å². The van der Waals surface area contributed by atoms with Crippen LogP contribution in [0.25, 0.3) is 0 Å². The van der Waals surface area contributed by atoms with E-state index >= 15 is 0 Å². The van der Waals surface area contributed by atoms with Crippen molar-refractivity contribution in [3.63, 3.8) is 0 Å². The summed E-state index contributed by atoms with van der Waals surface area (Å²) in [5.74, 6) is 1.28. The first-order valence-corrected chi connectivity index (χ1v) is 4.43. The summed E-state index contributed by atoms with van der Waals surface area (Å²) in [6.07, 6.45) is 7.84. The van der Waals surface area contributed by atoms with Crippen molar-refractivity contribution < 1.29 is 5.11 Å². The first-order valence-electron chi connectivity index (χ1n) is 4.43. The molecule has 3 aliphatic rings. The Hall–Kier alpha value is -0.560. The molecule has 0 spiro atoms. The first-order chi connectivity index (χ1) is 5.36. The van der Waals surface area contributed by atoms with Gasteiger partial charge in [-0.3, -0.25) is 0 Å². The van der Waals surface area contributed by atoms with Gasteiger partial charge in [0.1, 0.15) is 0 Å². The molecule has 0 aromatic rings. The fraction of sp³-hybridized carbons (Fsp3) is 0.600. The average molecular weight is 148 g/mol. The van der Waals surface area contributed by atoms with Gasteiger partial charge in [0.15, 0.2) is 0 Å². The second kappa shape index (κ2) is 1.78. The summed E-state index contributed by atoms with van der Waals surface area (Å²) in [5.41, 5.74) is 3.11. The highest BCUT2D eigenvalue weighted by Gasteiger charge is 2.44. The van der Waals surface area contributed by atoms with E-state index in [1.807, 2.05) is 0 Å². The molecule has 58 valence electrons. The van der Waals surface area contributed by atoms with Crippen molar-refractivity contribution in [3.05, 3.63) is 23.3 Å². The second-order valence-corrected chi connectivity index (χ2v) is 3.94. The Kier molecular flexibility index (Phi) is 0.972. The smallest absolute Gasteiger partial charge is 0.0614 e. The molecule has 3 aliphatic carbocycles. The molecule has 3 rings (SSSR count). The molecule has 0 amide bonds. The summed E-state index contributed by atoms with van der Waals surface area (Å²) in [6.45, 7) is 0. The quantitative estimate of drug-likeness (QED) is 0.553. The Morgan fingerprint density at radius 1 is 1.36 bits per heavy atom. The zero-order valence-corrected chi connectivity index (χ0v) is 6.46. The number of hydrogen-bond acceptors (Lipinski definition) is 1. The van der Waals surface area contributed by atoms with Gasteiger partial charge in [0.25, 0.3) is 0 Å². The lowest BCUT2D eigenvalue weighted by Crippen LogP contribution is -2.22. The highest BCUT2D eigenvalue weighted by Crippen LogP contribution is 2.52. The van der Waals surface area contributed by atoms with Crippen LogP contribution in [0.15, 0.2) is 23.3 Å². The van der Waals surface area contributed by atoms with Crippen LogP contribution in [0, 0.1) is 11.8 Å². The van der Waals surface area contributed by atoms with Gasteiger partial charge in [0.2, 0.25) is 0 Å². The van der Waals surface area contributed by atoms with Gasteiger partial charge in [0, 0.05) is 0 Å². The lowest BCUT2D eigenvalue weighted by atomic mass is 9.86. The summed E-state index contributed by atoms with van der Waals surface area (Å²) in [7, 11) is 0. The molecule has 1 nitrogen and oxygen atoms in total. The van der Waals surface area contributed by atoms with Crippen LogP contribution in [-0.2, 0) is 0 Å². The molecular weight excluding hydrogens is 136 g/mol. The van der Waals surface area contributed by atoms with Gasteiger partial charge < -0.3 is 5.11 Å². The van der Waals surface area contributed by atoms with Crippen LogP contribution in [0.3, 0.4) is 0 Å². The molecule has 1 saturated carbocycles. The van der Waals surface area contributed by atoms with Crippen molar-refractivity contribution in [2.45, 2.75) is 25.4 Å². The number of allylic oxidation sites excluding steroid dienone is 3. The first kappa shape index (κ1) is 6.01. The van der Waals surface area contributed by atoms with E-state index in [1.165, 1.54) is 12.8 Å². The Labute approximate surface area is 66.4 Å². The molecule has 0 aromatic heterocycles. The fourth-order valence-electron chi connectivity index (χ4n) is 2.93. The molecule has 0 heterocycles. The van der Waals surface area contributed by atoms with Crippen molar-refractivity contribution in [3.8, 4) is 0 Å². The Bertz CT molecular complexity index is 262. The van der Waals surface area contributed by atoms with E-state index in [1.54, 1.807) is 11.1 Å². The minimum Gasteiger partial charge on any atom is -0.392 e. The van der Waals surface area contributed by atoms with Gasteiger partial charge in [-0.1, -0.05) is 17.7 Å². The molecule has 0 radical (unpaired) electrons. The molecular formula is C10H12O.